The Morgan fingerprint density at radius 2 is 1.52 bits per heavy atom. The zero-order valence-electron chi connectivity index (χ0n) is 22.6. The molecule has 0 unspecified atom stereocenters. The highest BCUT2D eigenvalue weighted by molar-refractivity contribution is 6.07. The minimum atomic E-state index is -1.45. The number of carbonyl (C=O) groups is 4. The van der Waals surface area contributed by atoms with E-state index in [1.165, 1.54) is 6.08 Å². The summed E-state index contributed by atoms with van der Waals surface area (Å²) in [5.74, 6) is -4.59. The van der Waals surface area contributed by atoms with Crippen molar-refractivity contribution in [3.8, 4) is 0 Å². The first-order valence-corrected chi connectivity index (χ1v) is 14.4. The predicted molar refractivity (Wildman–Crippen MR) is 147 cm³/mol. The second kappa shape index (κ2) is 9.02. The Morgan fingerprint density at radius 3 is 2.29 bits per heavy atom. The summed E-state index contributed by atoms with van der Waals surface area (Å²) in [6, 6.07) is 18.8. The first-order valence-electron chi connectivity index (χ1n) is 14.4. The van der Waals surface area contributed by atoms with Gasteiger partial charge < -0.3 is 19.3 Å². The van der Waals surface area contributed by atoms with Gasteiger partial charge in [0.25, 0.3) is 0 Å². The van der Waals surface area contributed by atoms with Crippen LogP contribution in [-0.2, 0) is 33.4 Å². The Kier molecular flexibility index (Phi) is 5.42. The van der Waals surface area contributed by atoms with E-state index < -0.39 is 71.0 Å². The Hall–Kier alpha value is -4.46. The van der Waals surface area contributed by atoms with Crippen molar-refractivity contribution in [3.63, 3.8) is 0 Å². The summed E-state index contributed by atoms with van der Waals surface area (Å²) in [5.41, 5.74) is 0.320. The number of ether oxygens (including phenoxy) is 3. The van der Waals surface area contributed by atoms with Gasteiger partial charge in [0, 0.05) is 41.6 Å². The quantitative estimate of drug-likeness (QED) is 0.331. The van der Waals surface area contributed by atoms with Crippen LogP contribution in [0.2, 0.25) is 0 Å². The number of Topliss-reactive ketones (excluding diaryl/α,β-unsaturated/α-hetero) is 2. The maximum atomic E-state index is 14.7. The zero-order valence-corrected chi connectivity index (χ0v) is 22.6. The third-order valence-electron chi connectivity index (χ3n) is 10.2. The molecule has 2 bridgehead atoms. The smallest absolute Gasteiger partial charge is 0.306 e. The summed E-state index contributed by atoms with van der Waals surface area (Å²) in [5, 5.41) is 11.4. The van der Waals surface area contributed by atoms with Gasteiger partial charge in [-0.3, -0.25) is 19.2 Å². The standard InChI is InChI=1S/C34H28O8/c35-22(12-11-17-7-3-1-4-8-17)28-20-14-26(37)42-33(20)29-19-13-25-34(30(29)31(28)39,21-15-27(38)41-32(19)21)24(36)16-23(40-25)18-9-5-2-6-10-18/h1-13,19-21,23,29-30,32-33,35H,14-16H2/b12-11+,28-22-/t19-,20+,21-,23-,29-,30+,32-,33+,34-/m0/s1. The van der Waals surface area contributed by atoms with Crippen LogP contribution in [-0.4, -0.2) is 40.8 Å². The number of carbonyl (C=O) groups excluding carboxylic acids is 4. The minimum Gasteiger partial charge on any atom is -0.508 e. The third-order valence-corrected chi connectivity index (χ3v) is 10.2. The molecule has 2 aromatic carbocycles. The summed E-state index contributed by atoms with van der Waals surface area (Å²) >= 11 is 0. The average molecular weight is 565 g/mol. The highest BCUT2D eigenvalue weighted by Gasteiger charge is 2.77. The van der Waals surface area contributed by atoms with Gasteiger partial charge in [-0.15, -0.1) is 0 Å². The summed E-state index contributed by atoms with van der Waals surface area (Å²) in [6.07, 6.45) is 3.09. The van der Waals surface area contributed by atoms with E-state index in [2.05, 4.69) is 0 Å². The highest BCUT2D eigenvalue weighted by Crippen LogP contribution is 2.70. The second-order valence-electron chi connectivity index (χ2n) is 12.1. The van der Waals surface area contributed by atoms with Gasteiger partial charge in [0.2, 0.25) is 0 Å². The van der Waals surface area contributed by atoms with Crippen LogP contribution in [0.5, 0.6) is 0 Å². The number of esters is 2. The molecular formula is C34H28O8. The minimum absolute atomic E-state index is 0.00701. The lowest BCUT2D eigenvalue weighted by Crippen LogP contribution is -2.69. The predicted octanol–water partition coefficient (Wildman–Crippen LogP) is 4.43. The molecule has 4 aliphatic carbocycles. The fraction of sp³-hybridized carbons (Fsp3) is 0.353. The SMILES string of the molecule is O=C1C[C@@H]2/C(=C(O)\C=C\c3ccccc3)C(=O)[C@H]3[C@H]([C@@H]4C=C5O[C@H](c6ccccc6)CC(=O)[C@@]53[C@H]3CC(=O)O[C@@H]43)[C@@H]2O1. The lowest BCUT2D eigenvalue weighted by molar-refractivity contribution is -0.197. The van der Waals surface area contributed by atoms with Crippen LogP contribution >= 0.6 is 0 Å². The van der Waals surface area contributed by atoms with Gasteiger partial charge >= 0.3 is 11.9 Å². The van der Waals surface area contributed by atoms with Crippen LogP contribution in [0.15, 0.2) is 89.9 Å². The van der Waals surface area contributed by atoms with E-state index in [1.54, 1.807) is 6.08 Å². The van der Waals surface area contributed by atoms with Crippen LogP contribution in [0.4, 0.5) is 0 Å². The maximum absolute atomic E-state index is 14.7. The first kappa shape index (κ1) is 25.3. The lowest BCUT2D eigenvalue weighted by atomic mass is 9.41. The third kappa shape index (κ3) is 3.35. The van der Waals surface area contributed by atoms with Crippen molar-refractivity contribution < 1.29 is 38.5 Å². The van der Waals surface area contributed by atoms with Gasteiger partial charge in [-0.05, 0) is 23.3 Å². The van der Waals surface area contributed by atoms with Crippen LogP contribution in [0, 0.1) is 35.0 Å². The van der Waals surface area contributed by atoms with Gasteiger partial charge in [-0.1, -0.05) is 66.7 Å². The van der Waals surface area contributed by atoms with Crippen molar-refractivity contribution in [1.29, 1.82) is 0 Å². The molecule has 3 saturated heterocycles. The molecule has 0 amide bonds. The topological polar surface area (TPSA) is 116 Å². The number of aliphatic hydroxyl groups excluding tert-OH is 1. The van der Waals surface area contributed by atoms with E-state index in [0.29, 0.717) is 5.76 Å². The van der Waals surface area contributed by atoms with Gasteiger partial charge in [-0.2, -0.15) is 0 Å². The molecular weight excluding hydrogens is 536 g/mol. The van der Waals surface area contributed by atoms with Crippen molar-refractivity contribution in [2.75, 3.05) is 0 Å². The first-order chi connectivity index (χ1) is 20.4. The second-order valence-corrected chi connectivity index (χ2v) is 12.1. The molecule has 3 heterocycles. The molecule has 212 valence electrons. The summed E-state index contributed by atoms with van der Waals surface area (Å²) in [4.78, 5) is 54.7. The highest BCUT2D eigenvalue weighted by atomic mass is 16.6. The van der Waals surface area contributed by atoms with E-state index >= 15 is 0 Å². The maximum Gasteiger partial charge on any atom is 0.306 e. The molecule has 0 radical (unpaired) electrons. The Bertz CT molecular complexity index is 1620. The van der Waals surface area contributed by atoms with Crippen molar-refractivity contribution in [1.82, 2.24) is 0 Å². The summed E-state index contributed by atoms with van der Waals surface area (Å²) in [6.45, 7) is 0. The number of benzene rings is 2. The molecule has 2 saturated carbocycles. The van der Waals surface area contributed by atoms with E-state index in [0.717, 1.165) is 11.1 Å². The average Bonchev–Trinajstić information content (AvgIpc) is 3.59. The number of allylic oxidation sites excluding steroid dienone is 2. The molecule has 42 heavy (non-hydrogen) atoms. The fourth-order valence-electron chi connectivity index (χ4n) is 8.69. The largest absolute Gasteiger partial charge is 0.508 e. The van der Waals surface area contributed by atoms with Crippen LogP contribution in [0.3, 0.4) is 0 Å². The number of hydrogen-bond donors (Lipinski definition) is 1. The van der Waals surface area contributed by atoms with Crippen LogP contribution < -0.4 is 0 Å². The van der Waals surface area contributed by atoms with Crippen molar-refractivity contribution in [3.05, 3.63) is 101 Å². The van der Waals surface area contributed by atoms with Gasteiger partial charge in [-0.25, -0.2) is 0 Å². The van der Waals surface area contributed by atoms with Gasteiger partial charge in [0.15, 0.2) is 11.6 Å². The lowest BCUT2D eigenvalue weighted by Gasteiger charge is -2.62. The Balaban J connectivity index is 1.28. The van der Waals surface area contributed by atoms with Crippen molar-refractivity contribution in [2.45, 2.75) is 37.6 Å². The van der Waals surface area contributed by atoms with Gasteiger partial charge in [0.1, 0.15) is 35.2 Å². The molecule has 1 spiro atoms. The number of aliphatic hydroxyl groups is 1. The Labute approximate surface area is 241 Å². The zero-order chi connectivity index (χ0) is 28.7. The fourth-order valence-corrected chi connectivity index (χ4v) is 8.69. The molecule has 9 atom stereocenters. The number of rotatable bonds is 3. The molecule has 5 fully saturated rings. The molecule has 2 aromatic rings. The van der Waals surface area contributed by atoms with E-state index in [9.17, 15) is 24.3 Å². The van der Waals surface area contributed by atoms with Gasteiger partial charge in [0.05, 0.1) is 12.8 Å². The van der Waals surface area contributed by atoms with E-state index in [1.807, 2.05) is 66.7 Å². The molecule has 8 heteroatoms. The number of ketones is 2. The Morgan fingerprint density at radius 1 is 0.833 bits per heavy atom. The number of hydrogen-bond acceptors (Lipinski definition) is 8. The molecule has 3 aliphatic heterocycles. The molecule has 7 aliphatic rings. The molecule has 0 aromatic heterocycles. The van der Waals surface area contributed by atoms with Crippen molar-refractivity contribution in [2.24, 2.45) is 35.0 Å². The number of fused-ring (bicyclic) bond motifs is 1. The van der Waals surface area contributed by atoms with Crippen molar-refractivity contribution >= 4 is 29.6 Å². The monoisotopic (exact) mass is 564 g/mol. The molecule has 1 N–H and O–H groups in total. The van der Waals surface area contributed by atoms with Crippen LogP contribution in [0.1, 0.15) is 36.5 Å². The van der Waals surface area contributed by atoms with Crippen LogP contribution in [0.25, 0.3) is 6.08 Å². The molecule has 8 nitrogen and oxygen atoms in total. The summed E-state index contributed by atoms with van der Waals surface area (Å²) in [7, 11) is 0. The van der Waals surface area contributed by atoms with E-state index in [4.69, 9.17) is 14.2 Å². The molecule has 9 rings (SSSR count). The van der Waals surface area contributed by atoms with E-state index in [-0.39, 0.29) is 36.4 Å². The normalized spacial score (nSPS) is 39.0. The summed E-state index contributed by atoms with van der Waals surface area (Å²) < 4.78 is 18.2.